The van der Waals surface area contributed by atoms with Crippen LogP contribution in [0.3, 0.4) is 0 Å². The fraction of sp³-hybridized carbons (Fsp3) is 0.200. The van der Waals surface area contributed by atoms with Gasteiger partial charge in [-0.2, -0.15) is 0 Å². The van der Waals surface area contributed by atoms with Crippen LogP contribution in [0, 0.1) is 0 Å². The summed E-state index contributed by atoms with van der Waals surface area (Å²) in [5.41, 5.74) is 1.48. The third-order valence-corrected chi connectivity index (χ3v) is 3.56. The molecule has 0 unspecified atom stereocenters. The van der Waals surface area contributed by atoms with Crippen molar-refractivity contribution in [3.8, 4) is 11.1 Å². The highest BCUT2D eigenvalue weighted by Crippen LogP contribution is 2.31. The van der Waals surface area contributed by atoms with Gasteiger partial charge in [-0.25, -0.2) is 0 Å². The molecule has 0 bridgehead atoms. The van der Waals surface area contributed by atoms with E-state index < -0.39 is 11.0 Å². The minimum Gasteiger partial charge on any atom is -0.383 e. The van der Waals surface area contributed by atoms with Gasteiger partial charge in [0, 0.05) is 36.0 Å². The maximum atomic E-state index is 12.1. The van der Waals surface area contributed by atoms with E-state index >= 15 is 0 Å². The van der Waals surface area contributed by atoms with Gasteiger partial charge in [0.05, 0.1) is 6.61 Å². The second kappa shape index (κ2) is 6.89. The number of halogens is 2. The Labute approximate surface area is 132 Å². The van der Waals surface area contributed by atoms with Crippen LogP contribution in [0.1, 0.15) is 10.5 Å². The van der Waals surface area contributed by atoms with Crippen LogP contribution in [0.2, 0.25) is 5.02 Å². The first-order valence-electron chi connectivity index (χ1n) is 6.23. The van der Waals surface area contributed by atoms with E-state index in [1.54, 1.807) is 42.1 Å². The summed E-state index contributed by atoms with van der Waals surface area (Å²) in [7, 11) is 1.56. The number of methoxy groups -OCH3 is 1. The number of ketones is 1. The highest BCUT2D eigenvalue weighted by atomic mass is 35.5. The van der Waals surface area contributed by atoms with E-state index in [1.807, 2.05) is 6.07 Å². The molecule has 0 amide bonds. The van der Waals surface area contributed by atoms with Gasteiger partial charge < -0.3 is 9.30 Å². The number of nitrogens with zero attached hydrogens (tertiary/aromatic N) is 1. The lowest BCUT2D eigenvalue weighted by Gasteiger charge is -2.09. The molecular formula is C15H13Cl2NO3. The van der Waals surface area contributed by atoms with Crippen LogP contribution < -0.4 is 0 Å². The Morgan fingerprint density at radius 3 is 2.52 bits per heavy atom. The first-order valence-corrected chi connectivity index (χ1v) is 6.99. The number of carbonyl (C=O) groups excluding carboxylic acids is 2. The molecule has 0 aliphatic rings. The molecule has 0 aliphatic heterocycles. The van der Waals surface area contributed by atoms with Gasteiger partial charge in [-0.15, -0.1) is 0 Å². The minimum atomic E-state index is -1.03. The first kappa shape index (κ1) is 15.8. The van der Waals surface area contributed by atoms with Crippen molar-refractivity contribution in [2.24, 2.45) is 0 Å². The van der Waals surface area contributed by atoms with Crippen molar-refractivity contribution in [2.75, 3.05) is 13.7 Å². The highest BCUT2D eigenvalue weighted by Gasteiger charge is 2.23. The van der Waals surface area contributed by atoms with E-state index in [1.165, 1.54) is 0 Å². The Hall–Kier alpha value is -1.62. The van der Waals surface area contributed by atoms with Crippen LogP contribution in [0.15, 0.2) is 36.5 Å². The number of carbonyl (C=O) groups is 2. The van der Waals surface area contributed by atoms with Crippen LogP contribution in [-0.4, -0.2) is 29.3 Å². The average Bonchev–Trinajstić information content (AvgIpc) is 2.88. The van der Waals surface area contributed by atoms with Gasteiger partial charge in [0.15, 0.2) is 0 Å². The lowest BCUT2D eigenvalue weighted by Crippen LogP contribution is -2.16. The predicted octanol–water partition coefficient (Wildman–Crippen LogP) is 3.40. The summed E-state index contributed by atoms with van der Waals surface area (Å²) >= 11 is 11.5. The summed E-state index contributed by atoms with van der Waals surface area (Å²) in [6.07, 6.45) is 1.71. The molecule has 0 aliphatic carbocycles. The molecule has 0 saturated carbocycles. The Kier molecular flexibility index (Phi) is 5.17. The van der Waals surface area contributed by atoms with E-state index in [0.717, 1.165) is 0 Å². The zero-order chi connectivity index (χ0) is 15.4. The molecule has 0 N–H and O–H groups in total. The fourth-order valence-electron chi connectivity index (χ4n) is 2.09. The number of Topliss-reactive ketones (excluding diaryl/α,β-unsaturated/α-hetero) is 1. The summed E-state index contributed by atoms with van der Waals surface area (Å²) in [6, 6.07) is 8.85. The Morgan fingerprint density at radius 2 is 1.90 bits per heavy atom. The van der Waals surface area contributed by atoms with Crippen molar-refractivity contribution in [1.29, 1.82) is 0 Å². The van der Waals surface area contributed by atoms with Crippen LogP contribution >= 0.6 is 23.2 Å². The lowest BCUT2D eigenvalue weighted by molar-refractivity contribution is -0.108. The highest BCUT2D eigenvalue weighted by molar-refractivity contribution is 6.83. The largest absolute Gasteiger partial charge is 0.383 e. The second-order valence-electron chi connectivity index (χ2n) is 4.35. The van der Waals surface area contributed by atoms with Crippen LogP contribution in [0.4, 0.5) is 0 Å². The summed E-state index contributed by atoms with van der Waals surface area (Å²) in [4.78, 5) is 23.4. The summed E-state index contributed by atoms with van der Waals surface area (Å²) in [6.45, 7) is 0.847. The van der Waals surface area contributed by atoms with Gasteiger partial charge in [0.1, 0.15) is 5.69 Å². The maximum absolute atomic E-state index is 12.1. The maximum Gasteiger partial charge on any atom is 0.294 e. The van der Waals surface area contributed by atoms with Gasteiger partial charge in [-0.05, 0) is 23.7 Å². The number of ether oxygens (including phenoxy) is 1. The average molecular weight is 326 g/mol. The van der Waals surface area contributed by atoms with Crippen LogP contribution in [-0.2, 0) is 16.1 Å². The van der Waals surface area contributed by atoms with Crippen molar-refractivity contribution in [3.63, 3.8) is 0 Å². The van der Waals surface area contributed by atoms with E-state index in [9.17, 15) is 9.59 Å². The third kappa shape index (κ3) is 3.35. The smallest absolute Gasteiger partial charge is 0.294 e. The number of hydrogen-bond acceptors (Lipinski definition) is 3. The lowest BCUT2D eigenvalue weighted by atomic mass is 10.0. The zero-order valence-electron chi connectivity index (χ0n) is 11.3. The van der Waals surface area contributed by atoms with E-state index in [2.05, 4.69) is 0 Å². The van der Waals surface area contributed by atoms with Gasteiger partial charge in [-0.3, -0.25) is 9.59 Å². The Bertz CT molecular complexity index is 679. The number of rotatable bonds is 6. The first-order chi connectivity index (χ1) is 10.1. The van der Waals surface area contributed by atoms with E-state index in [4.69, 9.17) is 27.9 Å². The molecule has 0 fully saturated rings. The van der Waals surface area contributed by atoms with Crippen molar-refractivity contribution in [1.82, 2.24) is 4.57 Å². The van der Waals surface area contributed by atoms with E-state index in [-0.39, 0.29) is 5.69 Å². The molecule has 0 saturated heterocycles. The molecule has 21 heavy (non-hydrogen) atoms. The molecule has 0 atom stereocenters. The standard InChI is InChI=1S/C15H13Cl2NO3/c1-21-9-8-18-7-6-11(13(18)14(19)15(17)20)10-4-2-3-5-12(10)16/h2-7H,8-9H2,1H3. The SMILES string of the molecule is COCCn1ccc(-c2ccccc2Cl)c1C(=O)C(=O)Cl. The normalized spacial score (nSPS) is 10.6. The summed E-state index contributed by atoms with van der Waals surface area (Å²) < 4.78 is 6.65. The van der Waals surface area contributed by atoms with Crippen molar-refractivity contribution in [2.45, 2.75) is 6.54 Å². The Morgan fingerprint density at radius 1 is 1.19 bits per heavy atom. The second-order valence-corrected chi connectivity index (χ2v) is 5.10. The predicted molar refractivity (Wildman–Crippen MR) is 81.9 cm³/mol. The zero-order valence-corrected chi connectivity index (χ0v) is 12.8. The molecule has 6 heteroatoms. The van der Waals surface area contributed by atoms with Gasteiger partial charge in [-0.1, -0.05) is 29.8 Å². The van der Waals surface area contributed by atoms with Crippen molar-refractivity contribution in [3.05, 3.63) is 47.2 Å². The van der Waals surface area contributed by atoms with Gasteiger partial charge >= 0.3 is 0 Å². The van der Waals surface area contributed by atoms with Crippen molar-refractivity contribution < 1.29 is 14.3 Å². The molecule has 4 nitrogen and oxygen atoms in total. The number of aromatic nitrogens is 1. The fourth-order valence-corrected chi connectivity index (χ4v) is 2.42. The van der Waals surface area contributed by atoms with E-state index in [0.29, 0.717) is 29.3 Å². The molecule has 1 heterocycles. The molecule has 1 aromatic heterocycles. The van der Waals surface area contributed by atoms with Crippen molar-refractivity contribution >= 4 is 34.2 Å². The topological polar surface area (TPSA) is 48.3 Å². The van der Waals surface area contributed by atoms with Crippen LogP contribution in [0.5, 0.6) is 0 Å². The van der Waals surface area contributed by atoms with Gasteiger partial charge in [0.2, 0.25) is 0 Å². The summed E-state index contributed by atoms with van der Waals surface area (Å²) in [5.74, 6) is -0.757. The Balaban J connectivity index is 2.56. The monoisotopic (exact) mass is 325 g/mol. The molecule has 1 aromatic carbocycles. The molecule has 0 spiro atoms. The number of benzene rings is 1. The number of hydrogen-bond donors (Lipinski definition) is 0. The third-order valence-electron chi connectivity index (χ3n) is 3.06. The summed E-state index contributed by atoms with van der Waals surface area (Å²) in [5, 5.41) is -0.529. The molecule has 110 valence electrons. The van der Waals surface area contributed by atoms with Gasteiger partial charge in [0.25, 0.3) is 11.0 Å². The quantitative estimate of drug-likeness (QED) is 0.464. The molecule has 0 radical (unpaired) electrons. The molecule has 2 rings (SSSR count). The molecular weight excluding hydrogens is 313 g/mol. The molecule has 2 aromatic rings. The minimum absolute atomic E-state index is 0.222. The van der Waals surface area contributed by atoms with Crippen LogP contribution in [0.25, 0.3) is 11.1 Å².